The number of primary amides is 1. The monoisotopic (exact) mass is 400 g/mol. The van der Waals surface area contributed by atoms with E-state index in [0.29, 0.717) is 33.8 Å². The standard InChI is InChI=1S/C23H20N4O3/c1-3-14-7-8-20(22(27-14)17-6-4-5-10-25-17)30-19-9-11-26-18-12-16(23(24)28)21(29-2)13-15(18)19/h4-13H,3H2,1-2H3,(H2,24,28). The van der Waals surface area contributed by atoms with Gasteiger partial charge in [-0.15, -0.1) is 0 Å². The summed E-state index contributed by atoms with van der Waals surface area (Å²) in [6, 6.07) is 14.5. The van der Waals surface area contributed by atoms with E-state index in [2.05, 4.69) is 9.97 Å². The van der Waals surface area contributed by atoms with Crippen molar-refractivity contribution in [3.05, 3.63) is 72.2 Å². The number of carbonyl (C=O) groups is 1. The molecule has 4 rings (SSSR count). The van der Waals surface area contributed by atoms with Crippen LogP contribution in [0.2, 0.25) is 0 Å². The van der Waals surface area contributed by atoms with Crippen molar-refractivity contribution < 1.29 is 14.3 Å². The lowest BCUT2D eigenvalue weighted by molar-refractivity contribution is 0.0997. The Morgan fingerprint density at radius 3 is 2.57 bits per heavy atom. The van der Waals surface area contributed by atoms with Crippen LogP contribution in [-0.4, -0.2) is 28.0 Å². The maximum atomic E-state index is 11.7. The summed E-state index contributed by atoms with van der Waals surface area (Å²) in [6.07, 6.45) is 4.13. The number of fused-ring (bicyclic) bond motifs is 1. The molecule has 0 unspecified atom stereocenters. The van der Waals surface area contributed by atoms with E-state index in [-0.39, 0.29) is 5.56 Å². The number of ether oxygens (including phenoxy) is 2. The third-order valence-corrected chi connectivity index (χ3v) is 4.69. The van der Waals surface area contributed by atoms with E-state index in [1.165, 1.54) is 7.11 Å². The zero-order valence-corrected chi connectivity index (χ0v) is 16.6. The van der Waals surface area contributed by atoms with Gasteiger partial charge in [-0.05, 0) is 48.9 Å². The van der Waals surface area contributed by atoms with Crippen molar-refractivity contribution >= 4 is 16.8 Å². The first-order valence-corrected chi connectivity index (χ1v) is 9.46. The lowest BCUT2D eigenvalue weighted by atomic mass is 10.1. The number of aryl methyl sites for hydroxylation is 1. The fourth-order valence-electron chi connectivity index (χ4n) is 3.17. The molecule has 2 N–H and O–H groups in total. The molecular formula is C23H20N4O3. The van der Waals surface area contributed by atoms with Gasteiger partial charge >= 0.3 is 0 Å². The van der Waals surface area contributed by atoms with Crippen molar-refractivity contribution in [1.82, 2.24) is 15.0 Å². The number of amides is 1. The van der Waals surface area contributed by atoms with Crippen molar-refractivity contribution in [2.45, 2.75) is 13.3 Å². The van der Waals surface area contributed by atoms with Crippen LogP contribution in [0.1, 0.15) is 23.0 Å². The molecule has 0 saturated carbocycles. The van der Waals surface area contributed by atoms with Gasteiger partial charge in [0.05, 0.1) is 23.9 Å². The highest BCUT2D eigenvalue weighted by molar-refractivity contribution is 6.01. The summed E-state index contributed by atoms with van der Waals surface area (Å²) in [5.41, 5.74) is 8.60. The topological polar surface area (TPSA) is 100 Å². The molecule has 0 radical (unpaired) electrons. The maximum Gasteiger partial charge on any atom is 0.252 e. The summed E-state index contributed by atoms with van der Waals surface area (Å²) < 4.78 is 11.6. The molecule has 7 heteroatoms. The molecule has 0 aliphatic rings. The van der Waals surface area contributed by atoms with Gasteiger partial charge in [0.1, 0.15) is 17.2 Å². The van der Waals surface area contributed by atoms with E-state index < -0.39 is 5.91 Å². The molecule has 4 aromatic rings. The van der Waals surface area contributed by atoms with Crippen molar-refractivity contribution in [2.24, 2.45) is 5.73 Å². The van der Waals surface area contributed by atoms with Crippen molar-refractivity contribution in [2.75, 3.05) is 7.11 Å². The Morgan fingerprint density at radius 2 is 1.87 bits per heavy atom. The fourth-order valence-corrected chi connectivity index (χ4v) is 3.17. The number of carbonyl (C=O) groups excluding carboxylic acids is 1. The van der Waals surface area contributed by atoms with E-state index in [9.17, 15) is 4.79 Å². The second kappa shape index (κ2) is 8.16. The predicted molar refractivity (Wildman–Crippen MR) is 114 cm³/mol. The smallest absolute Gasteiger partial charge is 0.252 e. The Morgan fingerprint density at radius 1 is 1.00 bits per heavy atom. The second-order valence-electron chi connectivity index (χ2n) is 6.56. The summed E-state index contributed by atoms with van der Waals surface area (Å²) in [5.74, 6) is 0.893. The maximum absolute atomic E-state index is 11.7. The molecule has 0 aliphatic heterocycles. The van der Waals surface area contributed by atoms with Gasteiger partial charge < -0.3 is 15.2 Å². The fraction of sp³-hybridized carbons (Fsp3) is 0.130. The normalized spacial score (nSPS) is 10.7. The molecule has 1 aromatic carbocycles. The first-order chi connectivity index (χ1) is 14.6. The Bertz CT molecular complexity index is 1230. The summed E-state index contributed by atoms with van der Waals surface area (Å²) in [4.78, 5) is 25.2. The molecule has 150 valence electrons. The van der Waals surface area contributed by atoms with Gasteiger partial charge in [0.2, 0.25) is 0 Å². The highest BCUT2D eigenvalue weighted by Crippen LogP contribution is 2.36. The van der Waals surface area contributed by atoms with E-state index in [1.54, 1.807) is 30.6 Å². The molecule has 30 heavy (non-hydrogen) atoms. The molecule has 3 aromatic heterocycles. The van der Waals surface area contributed by atoms with Gasteiger partial charge in [-0.1, -0.05) is 13.0 Å². The summed E-state index contributed by atoms with van der Waals surface area (Å²) in [6.45, 7) is 2.05. The molecule has 0 spiro atoms. The van der Waals surface area contributed by atoms with Crippen molar-refractivity contribution in [3.63, 3.8) is 0 Å². The van der Waals surface area contributed by atoms with Crippen LogP contribution in [0.25, 0.3) is 22.3 Å². The molecule has 7 nitrogen and oxygen atoms in total. The van der Waals surface area contributed by atoms with Crippen LogP contribution in [0, 0.1) is 0 Å². The van der Waals surface area contributed by atoms with Crippen LogP contribution >= 0.6 is 0 Å². The van der Waals surface area contributed by atoms with Crippen molar-refractivity contribution in [1.29, 1.82) is 0 Å². The van der Waals surface area contributed by atoms with Crippen LogP contribution in [0.15, 0.2) is 60.9 Å². The number of aromatic nitrogens is 3. The minimum atomic E-state index is -0.585. The van der Waals surface area contributed by atoms with Gasteiger partial charge in [0, 0.05) is 23.5 Å². The minimum Gasteiger partial charge on any atom is -0.496 e. The largest absolute Gasteiger partial charge is 0.496 e. The predicted octanol–water partition coefficient (Wildman–Crippen LogP) is 4.15. The zero-order valence-electron chi connectivity index (χ0n) is 16.6. The number of hydrogen-bond donors (Lipinski definition) is 1. The molecule has 0 aliphatic carbocycles. The van der Waals surface area contributed by atoms with E-state index in [4.69, 9.17) is 20.2 Å². The Kier molecular flexibility index (Phi) is 5.26. The van der Waals surface area contributed by atoms with Crippen molar-refractivity contribution in [3.8, 4) is 28.6 Å². The van der Waals surface area contributed by atoms with Crippen LogP contribution in [-0.2, 0) is 6.42 Å². The van der Waals surface area contributed by atoms with Gasteiger partial charge in [0.15, 0.2) is 5.75 Å². The quantitative estimate of drug-likeness (QED) is 0.522. The number of rotatable bonds is 6. The number of pyridine rings is 3. The molecule has 0 fully saturated rings. The highest BCUT2D eigenvalue weighted by Gasteiger charge is 2.16. The van der Waals surface area contributed by atoms with E-state index in [0.717, 1.165) is 17.8 Å². The average molecular weight is 400 g/mol. The Balaban J connectivity index is 1.84. The summed E-state index contributed by atoms with van der Waals surface area (Å²) in [7, 11) is 1.48. The molecule has 0 bridgehead atoms. The molecule has 1 amide bonds. The minimum absolute atomic E-state index is 0.262. The summed E-state index contributed by atoms with van der Waals surface area (Å²) >= 11 is 0. The lowest BCUT2D eigenvalue weighted by Gasteiger charge is -2.14. The van der Waals surface area contributed by atoms with Gasteiger partial charge in [0.25, 0.3) is 5.91 Å². The second-order valence-corrected chi connectivity index (χ2v) is 6.56. The molecular weight excluding hydrogens is 380 g/mol. The van der Waals surface area contributed by atoms with Crippen LogP contribution in [0.3, 0.4) is 0 Å². The van der Waals surface area contributed by atoms with Crippen LogP contribution in [0.4, 0.5) is 0 Å². The van der Waals surface area contributed by atoms with E-state index >= 15 is 0 Å². The van der Waals surface area contributed by atoms with Gasteiger partial charge in [-0.2, -0.15) is 0 Å². The third-order valence-electron chi connectivity index (χ3n) is 4.69. The highest BCUT2D eigenvalue weighted by atomic mass is 16.5. The van der Waals surface area contributed by atoms with Crippen LogP contribution < -0.4 is 15.2 Å². The first-order valence-electron chi connectivity index (χ1n) is 9.46. The van der Waals surface area contributed by atoms with E-state index in [1.807, 2.05) is 37.3 Å². The SMILES string of the molecule is CCc1ccc(Oc2ccnc3cc(C(N)=O)c(OC)cc23)c(-c2ccccn2)n1. The number of benzene rings is 1. The first kappa shape index (κ1) is 19.3. The number of nitrogens with zero attached hydrogens (tertiary/aromatic N) is 3. The van der Waals surface area contributed by atoms with Gasteiger partial charge in [-0.3, -0.25) is 14.8 Å². The number of methoxy groups -OCH3 is 1. The summed E-state index contributed by atoms with van der Waals surface area (Å²) in [5, 5.41) is 0.686. The van der Waals surface area contributed by atoms with Gasteiger partial charge in [-0.25, -0.2) is 4.98 Å². The number of hydrogen-bond acceptors (Lipinski definition) is 6. The Labute approximate surface area is 173 Å². The number of nitrogens with two attached hydrogens (primary N) is 1. The lowest BCUT2D eigenvalue weighted by Crippen LogP contribution is -2.12. The third kappa shape index (κ3) is 3.65. The Hall–Kier alpha value is -4.00. The zero-order chi connectivity index (χ0) is 21.1. The van der Waals surface area contributed by atoms with Crippen LogP contribution in [0.5, 0.6) is 17.2 Å². The molecule has 0 atom stereocenters. The molecule has 3 heterocycles. The average Bonchev–Trinajstić information content (AvgIpc) is 2.79. The molecule has 0 saturated heterocycles.